The summed E-state index contributed by atoms with van der Waals surface area (Å²) in [4.78, 5) is 0. The molecule has 2 aliphatic rings. The molecule has 0 spiro atoms. The van der Waals surface area contributed by atoms with Gasteiger partial charge in [0.15, 0.2) is 0 Å². The largest absolute Gasteiger partial charge is 0.377 e. The zero-order valence-electron chi connectivity index (χ0n) is 10.2. The second kappa shape index (κ2) is 3.72. The standard InChI is InChI=1S/C12H24N2O/c1-4-14-8-12(13)9-6-5-7-15-10(9)11(12,2)3/h9-10,14H,4-8,13H2,1-3H3. The second-order valence-electron chi connectivity index (χ2n) is 5.58. The van der Waals surface area contributed by atoms with Crippen molar-refractivity contribution in [2.75, 3.05) is 19.7 Å². The van der Waals surface area contributed by atoms with Gasteiger partial charge >= 0.3 is 0 Å². The third-order valence-corrected chi connectivity index (χ3v) is 4.56. The van der Waals surface area contributed by atoms with Crippen molar-refractivity contribution in [3.05, 3.63) is 0 Å². The summed E-state index contributed by atoms with van der Waals surface area (Å²) in [7, 11) is 0. The summed E-state index contributed by atoms with van der Waals surface area (Å²) in [5, 5.41) is 3.40. The summed E-state index contributed by atoms with van der Waals surface area (Å²) < 4.78 is 5.86. The number of likely N-dealkylation sites (N-methyl/N-ethyl adjacent to an activating group) is 1. The lowest BCUT2D eigenvalue weighted by Crippen LogP contribution is -2.80. The van der Waals surface area contributed by atoms with E-state index >= 15 is 0 Å². The van der Waals surface area contributed by atoms with Gasteiger partial charge in [-0.2, -0.15) is 0 Å². The summed E-state index contributed by atoms with van der Waals surface area (Å²) >= 11 is 0. The molecular weight excluding hydrogens is 188 g/mol. The molecule has 0 bridgehead atoms. The lowest BCUT2D eigenvalue weighted by Gasteiger charge is -2.66. The molecule has 0 amide bonds. The molecule has 0 aromatic rings. The van der Waals surface area contributed by atoms with Gasteiger partial charge in [0.2, 0.25) is 0 Å². The Balaban J connectivity index is 2.09. The number of ether oxygens (including phenoxy) is 1. The average molecular weight is 212 g/mol. The molecule has 2 fully saturated rings. The van der Waals surface area contributed by atoms with Gasteiger partial charge < -0.3 is 15.8 Å². The molecule has 1 heterocycles. The van der Waals surface area contributed by atoms with E-state index < -0.39 is 0 Å². The first-order valence-electron chi connectivity index (χ1n) is 6.15. The Morgan fingerprint density at radius 3 is 2.87 bits per heavy atom. The van der Waals surface area contributed by atoms with Crippen LogP contribution >= 0.6 is 0 Å². The van der Waals surface area contributed by atoms with Gasteiger partial charge in [0.1, 0.15) is 0 Å². The van der Waals surface area contributed by atoms with Gasteiger partial charge in [-0.05, 0) is 19.4 Å². The number of fused-ring (bicyclic) bond motifs is 1. The van der Waals surface area contributed by atoms with E-state index in [4.69, 9.17) is 10.5 Å². The molecule has 0 aromatic carbocycles. The van der Waals surface area contributed by atoms with Gasteiger partial charge in [0.25, 0.3) is 0 Å². The van der Waals surface area contributed by atoms with Gasteiger partial charge in [-0.15, -0.1) is 0 Å². The van der Waals surface area contributed by atoms with E-state index in [0.717, 1.165) is 19.7 Å². The Bertz CT molecular complexity index is 242. The van der Waals surface area contributed by atoms with E-state index in [0.29, 0.717) is 12.0 Å². The van der Waals surface area contributed by atoms with Crippen LogP contribution in [0.25, 0.3) is 0 Å². The Kier molecular flexibility index (Phi) is 2.82. The smallest absolute Gasteiger partial charge is 0.0690 e. The maximum atomic E-state index is 6.58. The molecule has 0 radical (unpaired) electrons. The molecule has 1 aliphatic heterocycles. The lowest BCUT2D eigenvalue weighted by molar-refractivity contribution is -0.225. The van der Waals surface area contributed by atoms with Crippen LogP contribution in [-0.4, -0.2) is 31.3 Å². The molecule has 1 aliphatic carbocycles. The Morgan fingerprint density at radius 1 is 1.47 bits per heavy atom. The van der Waals surface area contributed by atoms with Crippen LogP contribution in [0.15, 0.2) is 0 Å². The van der Waals surface area contributed by atoms with Crippen LogP contribution in [-0.2, 0) is 4.74 Å². The van der Waals surface area contributed by atoms with Crippen LogP contribution in [0.3, 0.4) is 0 Å². The SMILES string of the molecule is CCNCC1(N)C2CCCOC2C1(C)C. The molecule has 15 heavy (non-hydrogen) atoms. The maximum Gasteiger partial charge on any atom is 0.0690 e. The fourth-order valence-corrected chi connectivity index (χ4v) is 3.36. The Labute approximate surface area is 92.7 Å². The molecule has 88 valence electrons. The van der Waals surface area contributed by atoms with Gasteiger partial charge in [0.05, 0.1) is 6.10 Å². The highest BCUT2D eigenvalue weighted by Gasteiger charge is 2.65. The van der Waals surface area contributed by atoms with E-state index in [-0.39, 0.29) is 11.0 Å². The number of hydrogen-bond acceptors (Lipinski definition) is 3. The minimum absolute atomic E-state index is 0.0753. The molecule has 1 saturated carbocycles. The molecule has 3 nitrogen and oxygen atoms in total. The van der Waals surface area contributed by atoms with Crippen LogP contribution in [0.1, 0.15) is 33.6 Å². The second-order valence-corrected chi connectivity index (χ2v) is 5.58. The van der Waals surface area contributed by atoms with Crippen molar-refractivity contribution in [2.24, 2.45) is 17.1 Å². The van der Waals surface area contributed by atoms with Crippen molar-refractivity contribution in [3.63, 3.8) is 0 Å². The zero-order valence-corrected chi connectivity index (χ0v) is 10.2. The van der Waals surface area contributed by atoms with Gasteiger partial charge in [-0.25, -0.2) is 0 Å². The molecule has 0 aromatic heterocycles. The monoisotopic (exact) mass is 212 g/mol. The summed E-state index contributed by atoms with van der Waals surface area (Å²) in [5.41, 5.74) is 6.61. The van der Waals surface area contributed by atoms with Crippen LogP contribution in [0, 0.1) is 11.3 Å². The van der Waals surface area contributed by atoms with Gasteiger partial charge in [-0.3, -0.25) is 0 Å². The number of hydrogen-bond donors (Lipinski definition) is 2. The minimum Gasteiger partial charge on any atom is -0.377 e. The quantitative estimate of drug-likeness (QED) is 0.737. The van der Waals surface area contributed by atoms with Crippen LogP contribution in [0.5, 0.6) is 0 Å². The van der Waals surface area contributed by atoms with Gasteiger partial charge in [0, 0.05) is 30.0 Å². The van der Waals surface area contributed by atoms with Crippen molar-refractivity contribution in [2.45, 2.75) is 45.3 Å². The van der Waals surface area contributed by atoms with Crippen LogP contribution < -0.4 is 11.1 Å². The normalized spacial score (nSPS) is 43.2. The van der Waals surface area contributed by atoms with Crippen LogP contribution in [0.4, 0.5) is 0 Å². The predicted molar refractivity (Wildman–Crippen MR) is 61.7 cm³/mol. The molecular formula is C12H24N2O. The van der Waals surface area contributed by atoms with Crippen molar-refractivity contribution in [1.82, 2.24) is 5.32 Å². The molecule has 3 unspecified atom stereocenters. The highest BCUT2D eigenvalue weighted by molar-refractivity contribution is 5.20. The van der Waals surface area contributed by atoms with Gasteiger partial charge in [-0.1, -0.05) is 20.8 Å². The van der Waals surface area contributed by atoms with Crippen LogP contribution in [0.2, 0.25) is 0 Å². The summed E-state index contributed by atoms with van der Waals surface area (Å²) in [5.74, 6) is 0.556. The van der Waals surface area contributed by atoms with Crippen molar-refractivity contribution >= 4 is 0 Å². The third-order valence-electron chi connectivity index (χ3n) is 4.56. The molecule has 2 rings (SSSR count). The van der Waals surface area contributed by atoms with E-state index in [2.05, 4.69) is 26.1 Å². The summed E-state index contributed by atoms with van der Waals surface area (Å²) in [6, 6.07) is 0. The van der Waals surface area contributed by atoms with Crippen molar-refractivity contribution in [3.8, 4) is 0 Å². The first-order chi connectivity index (χ1) is 7.04. The molecule has 3 heteroatoms. The summed E-state index contributed by atoms with van der Waals surface area (Å²) in [6.07, 6.45) is 2.79. The lowest BCUT2D eigenvalue weighted by atomic mass is 9.46. The Hall–Kier alpha value is -0.120. The van der Waals surface area contributed by atoms with Crippen molar-refractivity contribution < 1.29 is 4.74 Å². The maximum absolute atomic E-state index is 6.58. The van der Waals surface area contributed by atoms with E-state index in [1.165, 1.54) is 12.8 Å². The zero-order chi connectivity index (χ0) is 11.1. The number of nitrogens with one attached hydrogen (secondary N) is 1. The highest BCUT2D eigenvalue weighted by Crippen LogP contribution is 2.56. The van der Waals surface area contributed by atoms with E-state index in [1.54, 1.807) is 0 Å². The fourth-order valence-electron chi connectivity index (χ4n) is 3.36. The fraction of sp³-hybridized carbons (Fsp3) is 1.00. The summed E-state index contributed by atoms with van der Waals surface area (Å²) in [6.45, 7) is 9.45. The first-order valence-corrected chi connectivity index (χ1v) is 6.15. The number of rotatable bonds is 3. The predicted octanol–water partition coefficient (Wildman–Crippen LogP) is 1.13. The molecule has 3 N–H and O–H groups in total. The molecule has 3 atom stereocenters. The third kappa shape index (κ3) is 1.44. The van der Waals surface area contributed by atoms with E-state index in [1.807, 2.05) is 0 Å². The van der Waals surface area contributed by atoms with E-state index in [9.17, 15) is 0 Å². The van der Waals surface area contributed by atoms with Crippen molar-refractivity contribution in [1.29, 1.82) is 0 Å². The average Bonchev–Trinajstić information content (AvgIpc) is 2.25. The minimum atomic E-state index is -0.0753. The Morgan fingerprint density at radius 2 is 2.20 bits per heavy atom. The molecule has 1 saturated heterocycles. The number of nitrogens with two attached hydrogens (primary N) is 1. The first kappa shape index (κ1) is 11.4. The topological polar surface area (TPSA) is 47.3 Å². The highest BCUT2D eigenvalue weighted by atomic mass is 16.5.